The molecule has 102 valence electrons. The molecule has 0 aromatic heterocycles. The molecule has 1 unspecified atom stereocenters. The SMILES string of the molecule is CC(NCC(C)(C)C(C)C)c1cc(O)ccc1O. The Morgan fingerprint density at radius 1 is 1.17 bits per heavy atom. The van der Waals surface area contributed by atoms with E-state index in [0.717, 1.165) is 12.1 Å². The summed E-state index contributed by atoms with van der Waals surface area (Å²) in [6.07, 6.45) is 0. The first-order valence-corrected chi connectivity index (χ1v) is 6.49. The number of benzene rings is 1. The van der Waals surface area contributed by atoms with Gasteiger partial charge in [0, 0.05) is 18.2 Å². The maximum atomic E-state index is 9.79. The van der Waals surface area contributed by atoms with Crippen molar-refractivity contribution in [2.75, 3.05) is 6.54 Å². The van der Waals surface area contributed by atoms with Gasteiger partial charge in [-0.2, -0.15) is 0 Å². The van der Waals surface area contributed by atoms with Crippen LogP contribution in [0.4, 0.5) is 0 Å². The molecule has 0 saturated carbocycles. The van der Waals surface area contributed by atoms with Crippen LogP contribution in [0, 0.1) is 11.3 Å². The van der Waals surface area contributed by atoms with Gasteiger partial charge in [0.05, 0.1) is 0 Å². The van der Waals surface area contributed by atoms with Crippen molar-refractivity contribution in [1.29, 1.82) is 0 Å². The van der Waals surface area contributed by atoms with E-state index < -0.39 is 0 Å². The molecule has 0 aliphatic rings. The van der Waals surface area contributed by atoms with Crippen LogP contribution in [-0.4, -0.2) is 16.8 Å². The molecule has 1 rings (SSSR count). The average Bonchev–Trinajstić information content (AvgIpc) is 2.29. The van der Waals surface area contributed by atoms with Crippen LogP contribution >= 0.6 is 0 Å². The molecule has 0 heterocycles. The van der Waals surface area contributed by atoms with Crippen LogP contribution in [0.15, 0.2) is 18.2 Å². The molecular formula is C15H25NO2. The van der Waals surface area contributed by atoms with Crippen LogP contribution < -0.4 is 5.32 Å². The second kappa shape index (κ2) is 5.61. The van der Waals surface area contributed by atoms with Crippen LogP contribution in [-0.2, 0) is 0 Å². The fraction of sp³-hybridized carbons (Fsp3) is 0.600. The van der Waals surface area contributed by atoms with E-state index in [0.29, 0.717) is 5.92 Å². The number of nitrogens with one attached hydrogen (secondary N) is 1. The van der Waals surface area contributed by atoms with Crippen LogP contribution in [0.3, 0.4) is 0 Å². The van der Waals surface area contributed by atoms with Crippen molar-refractivity contribution in [2.24, 2.45) is 11.3 Å². The van der Waals surface area contributed by atoms with Crippen LogP contribution in [0.1, 0.15) is 46.2 Å². The number of phenols is 2. The second-order valence-electron chi connectivity index (χ2n) is 5.99. The fourth-order valence-corrected chi connectivity index (χ4v) is 1.62. The van der Waals surface area contributed by atoms with Gasteiger partial charge in [-0.05, 0) is 36.5 Å². The van der Waals surface area contributed by atoms with Crippen LogP contribution in [0.2, 0.25) is 0 Å². The Morgan fingerprint density at radius 2 is 1.78 bits per heavy atom. The molecule has 0 fully saturated rings. The topological polar surface area (TPSA) is 52.5 Å². The number of hydrogen-bond acceptors (Lipinski definition) is 3. The molecule has 0 radical (unpaired) electrons. The first-order chi connectivity index (χ1) is 8.24. The summed E-state index contributed by atoms with van der Waals surface area (Å²) >= 11 is 0. The van der Waals surface area contributed by atoms with Gasteiger partial charge in [0.15, 0.2) is 0 Å². The zero-order chi connectivity index (χ0) is 13.9. The predicted molar refractivity (Wildman–Crippen MR) is 74.8 cm³/mol. The van der Waals surface area contributed by atoms with Crippen molar-refractivity contribution in [3.05, 3.63) is 23.8 Å². The molecule has 1 aromatic rings. The number of hydrogen-bond donors (Lipinski definition) is 3. The van der Waals surface area contributed by atoms with E-state index in [2.05, 4.69) is 33.0 Å². The third-order valence-electron chi connectivity index (χ3n) is 3.90. The highest BCUT2D eigenvalue weighted by Crippen LogP contribution is 2.30. The summed E-state index contributed by atoms with van der Waals surface area (Å²) in [5, 5.41) is 22.7. The zero-order valence-electron chi connectivity index (χ0n) is 12.0. The Kier molecular flexibility index (Phi) is 4.63. The molecule has 18 heavy (non-hydrogen) atoms. The van der Waals surface area contributed by atoms with Crippen molar-refractivity contribution in [1.82, 2.24) is 5.32 Å². The predicted octanol–water partition coefficient (Wildman–Crippen LogP) is 3.43. The molecule has 1 aromatic carbocycles. The van der Waals surface area contributed by atoms with Crippen molar-refractivity contribution in [3.63, 3.8) is 0 Å². The average molecular weight is 251 g/mol. The lowest BCUT2D eigenvalue weighted by Gasteiger charge is -2.31. The summed E-state index contributed by atoms with van der Waals surface area (Å²) in [7, 11) is 0. The number of aromatic hydroxyl groups is 2. The Labute approximate surface area is 110 Å². The second-order valence-corrected chi connectivity index (χ2v) is 5.99. The molecule has 3 nitrogen and oxygen atoms in total. The zero-order valence-corrected chi connectivity index (χ0v) is 12.0. The lowest BCUT2D eigenvalue weighted by Crippen LogP contribution is -2.34. The highest BCUT2D eigenvalue weighted by molar-refractivity contribution is 5.40. The van der Waals surface area contributed by atoms with Gasteiger partial charge in [-0.3, -0.25) is 0 Å². The monoisotopic (exact) mass is 251 g/mol. The van der Waals surface area contributed by atoms with E-state index in [-0.39, 0.29) is 23.0 Å². The van der Waals surface area contributed by atoms with E-state index in [4.69, 9.17) is 0 Å². The first-order valence-electron chi connectivity index (χ1n) is 6.49. The van der Waals surface area contributed by atoms with Crippen molar-refractivity contribution in [3.8, 4) is 11.5 Å². The van der Waals surface area contributed by atoms with Gasteiger partial charge in [0.1, 0.15) is 11.5 Å². The standard InChI is InChI=1S/C15H25NO2/c1-10(2)15(4,5)9-16-11(3)13-8-12(17)6-7-14(13)18/h6-8,10-11,16-18H,9H2,1-5H3. The van der Waals surface area contributed by atoms with Gasteiger partial charge >= 0.3 is 0 Å². The van der Waals surface area contributed by atoms with E-state index in [1.807, 2.05) is 6.92 Å². The minimum Gasteiger partial charge on any atom is -0.508 e. The summed E-state index contributed by atoms with van der Waals surface area (Å²) in [6.45, 7) is 11.7. The molecule has 0 aliphatic heterocycles. The largest absolute Gasteiger partial charge is 0.508 e. The summed E-state index contributed by atoms with van der Waals surface area (Å²) in [5.74, 6) is 0.977. The smallest absolute Gasteiger partial charge is 0.120 e. The Hall–Kier alpha value is -1.22. The van der Waals surface area contributed by atoms with Crippen molar-refractivity contribution >= 4 is 0 Å². The molecule has 0 amide bonds. The normalized spacial score (nSPS) is 13.9. The van der Waals surface area contributed by atoms with Crippen LogP contribution in [0.5, 0.6) is 11.5 Å². The highest BCUT2D eigenvalue weighted by atomic mass is 16.3. The van der Waals surface area contributed by atoms with Gasteiger partial charge in [-0.15, -0.1) is 0 Å². The molecule has 0 aliphatic carbocycles. The van der Waals surface area contributed by atoms with Gasteiger partial charge < -0.3 is 15.5 Å². The summed E-state index contributed by atoms with van der Waals surface area (Å²) in [4.78, 5) is 0. The van der Waals surface area contributed by atoms with Gasteiger partial charge in [-0.1, -0.05) is 27.7 Å². The van der Waals surface area contributed by atoms with Gasteiger partial charge in [0.2, 0.25) is 0 Å². The van der Waals surface area contributed by atoms with Gasteiger partial charge in [0.25, 0.3) is 0 Å². The third kappa shape index (κ3) is 3.64. The van der Waals surface area contributed by atoms with Crippen molar-refractivity contribution < 1.29 is 10.2 Å². The van der Waals surface area contributed by atoms with E-state index in [1.54, 1.807) is 6.07 Å². The van der Waals surface area contributed by atoms with Crippen molar-refractivity contribution in [2.45, 2.75) is 40.7 Å². The summed E-state index contributed by atoms with van der Waals surface area (Å²) in [5.41, 5.74) is 0.926. The lowest BCUT2D eigenvalue weighted by atomic mass is 9.81. The maximum Gasteiger partial charge on any atom is 0.120 e. The lowest BCUT2D eigenvalue weighted by molar-refractivity contribution is 0.230. The molecular weight excluding hydrogens is 226 g/mol. The fourth-order valence-electron chi connectivity index (χ4n) is 1.62. The minimum absolute atomic E-state index is 0.00937. The number of rotatable bonds is 5. The quantitative estimate of drug-likeness (QED) is 0.703. The molecule has 3 heteroatoms. The number of phenolic OH excluding ortho intramolecular Hbond substituents is 2. The van der Waals surface area contributed by atoms with E-state index in [1.165, 1.54) is 12.1 Å². The minimum atomic E-state index is 0.00937. The molecule has 0 spiro atoms. The molecule has 0 saturated heterocycles. The Balaban J connectivity index is 2.71. The molecule has 3 N–H and O–H groups in total. The molecule has 0 bridgehead atoms. The van der Waals surface area contributed by atoms with Crippen LogP contribution in [0.25, 0.3) is 0 Å². The Bertz CT molecular complexity index is 399. The van der Waals surface area contributed by atoms with Gasteiger partial charge in [-0.25, -0.2) is 0 Å². The highest BCUT2D eigenvalue weighted by Gasteiger charge is 2.23. The van der Waals surface area contributed by atoms with E-state index >= 15 is 0 Å². The van der Waals surface area contributed by atoms with E-state index in [9.17, 15) is 10.2 Å². The maximum absolute atomic E-state index is 9.79. The third-order valence-corrected chi connectivity index (χ3v) is 3.90. The first kappa shape index (κ1) is 14.8. The Morgan fingerprint density at radius 3 is 2.33 bits per heavy atom. The summed E-state index contributed by atoms with van der Waals surface area (Å²) < 4.78 is 0. The molecule has 1 atom stereocenters. The summed E-state index contributed by atoms with van der Waals surface area (Å²) in [6, 6.07) is 4.63.